The van der Waals surface area contributed by atoms with Crippen molar-refractivity contribution in [1.82, 2.24) is 10.2 Å². The largest absolute Gasteiger partial charge is 0.417 e. The summed E-state index contributed by atoms with van der Waals surface area (Å²) in [4.78, 5) is 29.1. The number of halogens is 4. The molecule has 232 valence electrons. The summed E-state index contributed by atoms with van der Waals surface area (Å²) < 4.78 is 67.2. The monoisotopic (exact) mass is 637 g/mol. The summed E-state index contributed by atoms with van der Waals surface area (Å²) >= 11 is 5.76. The third kappa shape index (κ3) is 9.46. The molecule has 0 saturated carbocycles. The molecule has 7 nitrogen and oxygen atoms in total. The second-order valence-electron chi connectivity index (χ2n) is 10.5. The number of anilines is 1. The molecule has 0 fully saturated rings. The van der Waals surface area contributed by atoms with E-state index in [0.29, 0.717) is 22.4 Å². The average Bonchev–Trinajstić information content (AvgIpc) is 2.93. The van der Waals surface area contributed by atoms with Gasteiger partial charge in [-0.2, -0.15) is 13.2 Å². The molecule has 3 aromatic rings. The zero-order chi connectivity index (χ0) is 31.9. The van der Waals surface area contributed by atoms with Crippen molar-refractivity contribution in [2.45, 2.75) is 58.4 Å². The van der Waals surface area contributed by atoms with Crippen molar-refractivity contribution in [1.29, 1.82) is 0 Å². The van der Waals surface area contributed by atoms with Gasteiger partial charge in [-0.3, -0.25) is 13.9 Å². The molecule has 0 aliphatic rings. The summed E-state index contributed by atoms with van der Waals surface area (Å²) in [6, 6.07) is 17.7. The third-order valence-electron chi connectivity index (χ3n) is 6.93. The molecule has 0 bridgehead atoms. The number of nitrogens with one attached hydrogen (secondary N) is 1. The van der Waals surface area contributed by atoms with Crippen LogP contribution in [0.3, 0.4) is 0 Å². The zero-order valence-electron chi connectivity index (χ0n) is 24.4. The van der Waals surface area contributed by atoms with Gasteiger partial charge in [0.05, 0.1) is 22.5 Å². The first-order valence-corrected chi connectivity index (χ1v) is 15.9. The van der Waals surface area contributed by atoms with Crippen LogP contribution < -0.4 is 9.62 Å². The van der Waals surface area contributed by atoms with Crippen LogP contribution in [0.5, 0.6) is 0 Å². The summed E-state index contributed by atoms with van der Waals surface area (Å²) in [5.74, 6) is -1.20. The Morgan fingerprint density at radius 2 is 1.63 bits per heavy atom. The number of benzene rings is 3. The molecule has 12 heteroatoms. The van der Waals surface area contributed by atoms with Gasteiger partial charge in [-0.05, 0) is 49.6 Å². The Morgan fingerprint density at radius 1 is 0.977 bits per heavy atom. The molecule has 0 aromatic heterocycles. The first kappa shape index (κ1) is 33.9. The molecule has 0 aliphatic carbocycles. The van der Waals surface area contributed by atoms with Crippen LogP contribution in [-0.4, -0.2) is 50.0 Å². The van der Waals surface area contributed by atoms with Crippen LogP contribution in [0.2, 0.25) is 5.02 Å². The number of hydrogen-bond acceptors (Lipinski definition) is 4. The normalized spacial score (nSPS) is 13.2. The standard InChI is InChI=1S/C31H35ClF3N3O4S/c1-5-22(3)36-30(40)28(17-23-11-7-6-8-12-23)37(19-24-13-9-10-21(2)16-24)29(39)20-38(43(4,41)42)25-14-15-27(32)26(18-25)31(33,34)35/h6-16,18,22,28H,5,17,19-20H2,1-4H3,(H,36,40)/t22-,28-/m1/s1. The Bertz CT molecular complexity index is 1530. The highest BCUT2D eigenvalue weighted by Crippen LogP contribution is 2.37. The maximum Gasteiger partial charge on any atom is 0.417 e. The van der Waals surface area contributed by atoms with Gasteiger partial charge in [0.2, 0.25) is 21.8 Å². The van der Waals surface area contributed by atoms with Crippen molar-refractivity contribution in [2.24, 2.45) is 0 Å². The van der Waals surface area contributed by atoms with Gasteiger partial charge in [-0.1, -0.05) is 78.7 Å². The quantitative estimate of drug-likeness (QED) is 0.264. The van der Waals surface area contributed by atoms with E-state index in [4.69, 9.17) is 11.6 Å². The first-order chi connectivity index (χ1) is 20.1. The number of aryl methyl sites for hydroxylation is 1. The summed E-state index contributed by atoms with van der Waals surface area (Å²) in [5, 5.41) is 2.31. The molecule has 3 rings (SSSR count). The van der Waals surface area contributed by atoms with Gasteiger partial charge in [-0.15, -0.1) is 0 Å². The van der Waals surface area contributed by atoms with Crippen LogP contribution in [0, 0.1) is 6.92 Å². The van der Waals surface area contributed by atoms with Crippen LogP contribution >= 0.6 is 11.6 Å². The van der Waals surface area contributed by atoms with Crippen molar-refractivity contribution in [3.8, 4) is 0 Å². The molecule has 43 heavy (non-hydrogen) atoms. The van der Waals surface area contributed by atoms with Gasteiger partial charge in [0.15, 0.2) is 0 Å². The average molecular weight is 638 g/mol. The molecule has 0 heterocycles. The minimum Gasteiger partial charge on any atom is -0.352 e. The van der Waals surface area contributed by atoms with E-state index >= 15 is 0 Å². The van der Waals surface area contributed by atoms with Crippen LogP contribution in [-0.2, 0) is 38.8 Å². The lowest BCUT2D eigenvalue weighted by Crippen LogP contribution is -2.54. The minimum atomic E-state index is -4.85. The number of rotatable bonds is 12. The number of nitrogens with zero attached hydrogens (tertiary/aromatic N) is 2. The Kier molecular flexibility index (Phi) is 11.3. The Labute approximate surface area is 255 Å². The van der Waals surface area contributed by atoms with E-state index in [1.165, 1.54) is 4.90 Å². The highest BCUT2D eigenvalue weighted by molar-refractivity contribution is 7.92. The molecule has 3 aromatic carbocycles. The van der Waals surface area contributed by atoms with Gasteiger partial charge in [-0.25, -0.2) is 8.42 Å². The fourth-order valence-corrected chi connectivity index (χ4v) is 5.57. The topological polar surface area (TPSA) is 86.8 Å². The van der Waals surface area contributed by atoms with E-state index in [0.717, 1.165) is 29.5 Å². The lowest BCUT2D eigenvalue weighted by molar-refractivity contribution is -0.140. The number of amides is 2. The molecule has 0 spiro atoms. The van der Waals surface area contributed by atoms with E-state index in [1.807, 2.05) is 51.1 Å². The smallest absolute Gasteiger partial charge is 0.352 e. The Morgan fingerprint density at radius 3 is 2.21 bits per heavy atom. The summed E-state index contributed by atoms with van der Waals surface area (Å²) in [5.41, 5.74) is 0.749. The van der Waals surface area contributed by atoms with Crippen molar-refractivity contribution in [3.63, 3.8) is 0 Å². The van der Waals surface area contributed by atoms with E-state index in [9.17, 15) is 31.2 Å². The number of alkyl halides is 3. The van der Waals surface area contributed by atoms with Gasteiger partial charge in [0, 0.05) is 19.0 Å². The molecular weight excluding hydrogens is 603 g/mol. The fourth-order valence-electron chi connectivity index (χ4n) is 4.50. The highest BCUT2D eigenvalue weighted by atomic mass is 35.5. The Balaban J connectivity index is 2.11. The van der Waals surface area contributed by atoms with E-state index < -0.39 is 51.2 Å². The minimum absolute atomic E-state index is 0.0437. The predicted molar refractivity (Wildman–Crippen MR) is 162 cm³/mol. The van der Waals surface area contributed by atoms with E-state index in [1.54, 1.807) is 24.3 Å². The summed E-state index contributed by atoms with van der Waals surface area (Å²) in [6.07, 6.45) is -3.30. The maximum atomic E-state index is 14.1. The SMILES string of the molecule is CC[C@@H](C)NC(=O)[C@@H](Cc1ccccc1)N(Cc1cccc(C)c1)C(=O)CN(c1ccc(Cl)c(C(F)(F)F)c1)S(C)(=O)=O. The fraction of sp³-hybridized carbons (Fsp3) is 0.355. The molecule has 0 radical (unpaired) electrons. The van der Waals surface area contributed by atoms with Crippen LogP contribution in [0.1, 0.15) is 42.5 Å². The molecule has 0 unspecified atom stereocenters. The van der Waals surface area contributed by atoms with Gasteiger partial charge >= 0.3 is 6.18 Å². The third-order valence-corrected chi connectivity index (χ3v) is 8.40. The van der Waals surface area contributed by atoms with Crippen molar-refractivity contribution < 1.29 is 31.2 Å². The molecular formula is C31H35ClF3N3O4S. The van der Waals surface area contributed by atoms with Crippen molar-refractivity contribution in [3.05, 3.63) is 100 Å². The van der Waals surface area contributed by atoms with Gasteiger partial charge in [0.1, 0.15) is 12.6 Å². The molecule has 1 N–H and O–H groups in total. The van der Waals surface area contributed by atoms with Crippen LogP contribution in [0.4, 0.5) is 18.9 Å². The molecule has 0 aliphatic heterocycles. The number of sulfonamides is 1. The van der Waals surface area contributed by atoms with Crippen molar-refractivity contribution in [2.75, 3.05) is 17.1 Å². The first-order valence-electron chi connectivity index (χ1n) is 13.6. The summed E-state index contributed by atoms with van der Waals surface area (Å²) in [7, 11) is -4.25. The summed E-state index contributed by atoms with van der Waals surface area (Å²) in [6.45, 7) is 4.72. The van der Waals surface area contributed by atoms with Crippen molar-refractivity contribution >= 4 is 39.1 Å². The maximum absolute atomic E-state index is 14.1. The predicted octanol–water partition coefficient (Wildman–Crippen LogP) is 5.99. The number of hydrogen-bond donors (Lipinski definition) is 1. The molecule has 2 atom stereocenters. The Hall–Kier alpha value is -3.57. The number of carbonyl (C=O) groups excluding carboxylic acids is 2. The highest BCUT2D eigenvalue weighted by Gasteiger charge is 2.36. The van der Waals surface area contributed by atoms with Crippen LogP contribution in [0.15, 0.2) is 72.8 Å². The second kappa shape index (κ2) is 14.3. The van der Waals surface area contributed by atoms with Crippen LogP contribution in [0.25, 0.3) is 0 Å². The second-order valence-corrected chi connectivity index (χ2v) is 12.8. The van der Waals surface area contributed by atoms with Gasteiger partial charge in [0.25, 0.3) is 0 Å². The number of carbonyl (C=O) groups is 2. The molecule has 2 amide bonds. The zero-order valence-corrected chi connectivity index (χ0v) is 25.9. The lowest BCUT2D eigenvalue weighted by atomic mass is 10.0. The van der Waals surface area contributed by atoms with E-state index in [2.05, 4.69) is 5.32 Å². The lowest BCUT2D eigenvalue weighted by Gasteiger charge is -2.34. The molecule has 0 saturated heterocycles. The van der Waals surface area contributed by atoms with Gasteiger partial charge < -0.3 is 10.2 Å². The van der Waals surface area contributed by atoms with E-state index in [-0.39, 0.29) is 24.7 Å².